The molecule has 0 saturated heterocycles. The number of pyridine rings is 1. The highest BCUT2D eigenvalue weighted by atomic mass is 19.1. The molecule has 0 aliphatic heterocycles. The number of aromatic amines is 1. The molecule has 3 heteroatoms. The van der Waals surface area contributed by atoms with Gasteiger partial charge in [-0.05, 0) is 48.2 Å². The standard InChI is InChI=1S/C15H13FN2/c16-13-5-6-15-14(8-13)12(10-18-15)4-3-11-2-1-7-17-9-11/h1-2,5-10,18H,3-4H2. The molecule has 0 aliphatic rings. The van der Waals surface area contributed by atoms with Gasteiger partial charge in [-0.3, -0.25) is 4.98 Å². The summed E-state index contributed by atoms with van der Waals surface area (Å²) in [5.41, 5.74) is 3.33. The minimum absolute atomic E-state index is 0.190. The first kappa shape index (κ1) is 11.0. The average Bonchev–Trinajstić information content (AvgIpc) is 2.80. The highest BCUT2D eigenvalue weighted by molar-refractivity contribution is 5.83. The Kier molecular flexibility index (Phi) is 2.81. The van der Waals surface area contributed by atoms with Crippen molar-refractivity contribution < 1.29 is 4.39 Å². The number of H-pyrrole nitrogens is 1. The lowest BCUT2D eigenvalue weighted by atomic mass is 10.1. The molecule has 3 rings (SSSR count). The smallest absolute Gasteiger partial charge is 0.123 e. The average molecular weight is 240 g/mol. The maximum absolute atomic E-state index is 13.2. The van der Waals surface area contributed by atoms with Gasteiger partial charge in [-0.1, -0.05) is 6.07 Å². The Morgan fingerprint density at radius 2 is 2.11 bits per heavy atom. The van der Waals surface area contributed by atoms with Crippen molar-refractivity contribution in [1.29, 1.82) is 0 Å². The third kappa shape index (κ3) is 2.12. The van der Waals surface area contributed by atoms with Crippen LogP contribution in [0.5, 0.6) is 0 Å². The zero-order valence-electron chi connectivity index (χ0n) is 9.86. The lowest BCUT2D eigenvalue weighted by Gasteiger charge is -2.00. The third-order valence-corrected chi connectivity index (χ3v) is 3.14. The first-order chi connectivity index (χ1) is 8.83. The molecule has 0 unspecified atom stereocenters. The molecule has 1 aromatic carbocycles. The van der Waals surface area contributed by atoms with Gasteiger partial charge in [0.25, 0.3) is 0 Å². The van der Waals surface area contributed by atoms with Crippen LogP contribution in [0.1, 0.15) is 11.1 Å². The molecule has 0 radical (unpaired) electrons. The molecule has 0 aliphatic carbocycles. The Balaban J connectivity index is 1.85. The summed E-state index contributed by atoms with van der Waals surface area (Å²) in [7, 11) is 0. The molecule has 0 fully saturated rings. The second-order valence-corrected chi connectivity index (χ2v) is 4.37. The number of rotatable bonds is 3. The van der Waals surface area contributed by atoms with Crippen molar-refractivity contribution in [2.45, 2.75) is 12.8 Å². The van der Waals surface area contributed by atoms with Gasteiger partial charge in [-0.25, -0.2) is 4.39 Å². The monoisotopic (exact) mass is 240 g/mol. The largest absolute Gasteiger partial charge is 0.361 e. The van der Waals surface area contributed by atoms with Gasteiger partial charge < -0.3 is 4.98 Å². The molecule has 0 saturated carbocycles. The number of aryl methyl sites for hydroxylation is 2. The molecular weight excluding hydrogens is 227 g/mol. The maximum atomic E-state index is 13.2. The Morgan fingerprint density at radius 1 is 1.17 bits per heavy atom. The van der Waals surface area contributed by atoms with Crippen LogP contribution in [-0.2, 0) is 12.8 Å². The minimum atomic E-state index is -0.190. The summed E-state index contributed by atoms with van der Waals surface area (Å²) >= 11 is 0. The van der Waals surface area contributed by atoms with E-state index in [2.05, 4.69) is 16.0 Å². The molecule has 0 bridgehead atoms. The number of nitrogens with zero attached hydrogens (tertiary/aromatic N) is 1. The normalized spacial score (nSPS) is 10.9. The van der Waals surface area contributed by atoms with Crippen LogP contribution < -0.4 is 0 Å². The fourth-order valence-corrected chi connectivity index (χ4v) is 2.18. The molecule has 2 heterocycles. The van der Waals surface area contributed by atoms with E-state index in [9.17, 15) is 4.39 Å². The fourth-order valence-electron chi connectivity index (χ4n) is 2.18. The molecule has 3 aromatic rings. The number of hydrogen-bond donors (Lipinski definition) is 1. The Hall–Kier alpha value is -2.16. The van der Waals surface area contributed by atoms with Crippen molar-refractivity contribution in [3.8, 4) is 0 Å². The molecule has 0 atom stereocenters. The zero-order chi connectivity index (χ0) is 12.4. The number of benzene rings is 1. The van der Waals surface area contributed by atoms with Gasteiger partial charge in [-0.2, -0.15) is 0 Å². The Labute approximate surface area is 104 Å². The number of aromatic nitrogens is 2. The van der Waals surface area contributed by atoms with Crippen molar-refractivity contribution in [1.82, 2.24) is 9.97 Å². The van der Waals surface area contributed by atoms with E-state index in [0.717, 1.165) is 29.3 Å². The predicted octanol–water partition coefficient (Wildman–Crippen LogP) is 3.49. The van der Waals surface area contributed by atoms with Crippen LogP contribution in [0.3, 0.4) is 0 Å². The second kappa shape index (κ2) is 4.61. The number of hydrogen-bond acceptors (Lipinski definition) is 1. The summed E-state index contributed by atoms with van der Waals surface area (Å²) < 4.78 is 13.2. The van der Waals surface area contributed by atoms with E-state index in [4.69, 9.17) is 0 Å². The highest BCUT2D eigenvalue weighted by Gasteiger charge is 2.05. The van der Waals surface area contributed by atoms with Crippen LogP contribution in [0.4, 0.5) is 4.39 Å². The molecule has 18 heavy (non-hydrogen) atoms. The summed E-state index contributed by atoms with van der Waals surface area (Å²) in [6.45, 7) is 0. The van der Waals surface area contributed by atoms with Crippen LogP contribution in [0.25, 0.3) is 10.9 Å². The van der Waals surface area contributed by atoms with Crippen molar-refractivity contribution in [2.24, 2.45) is 0 Å². The maximum Gasteiger partial charge on any atom is 0.123 e. The molecule has 2 nitrogen and oxygen atoms in total. The van der Waals surface area contributed by atoms with Gasteiger partial charge in [0, 0.05) is 29.5 Å². The molecule has 2 aromatic heterocycles. The fraction of sp³-hybridized carbons (Fsp3) is 0.133. The van der Waals surface area contributed by atoms with Crippen molar-refractivity contribution in [2.75, 3.05) is 0 Å². The van der Waals surface area contributed by atoms with Crippen LogP contribution in [0.2, 0.25) is 0 Å². The number of nitrogens with one attached hydrogen (secondary N) is 1. The van der Waals surface area contributed by atoms with Gasteiger partial charge in [0.2, 0.25) is 0 Å². The number of fused-ring (bicyclic) bond motifs is 1. The van der Waals surface area contributed by atoms with Gasteiger partial charge in [0.1, 0.15) is 5.82 Å². The SMILES string of the molecule is Fc1ccc2[nH]cc(CCc3cccnc3)c2c1. The Bertz CT molecular complexity index is 659. The quantitative estimate of drug-likeness (QED) is 0.746. The van der Waals surface area contributed by atoms with Crippen LogP contribution >= 0.6 is 0 Å². The van der Waals surface area contributed by atoms with E-state index in [1.807, 2.05) is 18.5 Å². The second-order valence-electron chi connectivity index (χ2n) is 4.37. The molecular formula is C15H13FN2. The predicted molar refractivity (Wildman–Crippen MR) is 69.9 cm³/mol. The van der Waals surface area contributed by atoms with Crippen LogP contribution in [0, 0.1) is 5.82 Å². The first-order valence-electron chi connectivity index (χ1n) is 5.97. The summed E-state index contributed by atoms with van der Waals surface area (Å²) in [6.07, 6.45) is 7.40. The van der Waals surface area contributed by atoms with E-state index in [1.54, 1.807) is 18.3 Å². The van der Waals surface area contributed by atoms with E-state index in [-0.39, 0.29) is 5.82 Å². The van der Waals surface area contributed by atoms with E-state index in [0.29, 0.717) is 0 Å². The highest BCUT2D eigenvalue weighted by Crippen LogP contribution is 2.20. The van der Waals surface area contributed by atoms with E-state index >= 15 is 0 Å². The lowest BCUT2D eigenvalue weighted by Crippen LogP contribution is -1.90. The molecule has 0 amide bonds. The van der Waals surface area contributed by atoms with Gasteiger partial charge >= 0.3 is 0 Å². The van der Waals surface area contributed by atoms with Gasteiger partial charge in [-0.15, -0.1) is 0 Å². The van der Waals surface area contributed by atoms with Crippen LogP contribution in [0.15, 0.2) is 48.9 Å². The summed E-state index contributed by atoms with van der Waals surface area (Å²) in [5.74, 6) is -0.190. The van der Waals surface area contributed by atoms with E-state index in [1.165, 1.54) is 11.6 Å². The van der Waals surface area contributed by atoms with Crippen molar-refractivity contribution in [3.63, 3.8) is 0 Å². The van der Waals surface area contributed by atoms with Gasteiger partial charge in [0.15, 0.2) is 0 Å². The number of halogens is 1. The minimum Gasteiger partial charge on any atom is -0.361 e. The molecule has 90 valence electrons. The summed E-state index contributed by atoms with van der Waals surface area (Å²) in [6, 6.07) is 8.83. The van der Waals surface area contributed by atoms with Crippen molar-refractivity contribution >= 4 is 10.9 Å². The molecule has 0 spiro atoms. The van der Waals surface area contributed by atoms with E-state index < -0.39 is 0 Å². The lowest BCUT2D eigenvalue weighted by molar-refractivity contribution is 0.629. The van der Waals surface area contributed by atoms with Crippen molar-refractivity contribution in [3.05, 3.63) is 65.9 Å². The third-order valence-electron chi connectivity index (χ3n) is 3.14. The first-order valence-corrected chi connectivity index (χ1v) is 5.97. The summed E-state index contributed by atoms with van der Waals surface area (Å²) in [4.78, 5) is 7.26. The Morgan fingerprint density at radius 3 is 2.94 bits per heavy atom. The summed E-state index contributed by atoms with van der Waals surface area (Å²) in [5, 5.41) is 0.971. The topological polar surface area (TPSA) is 28.7 Å². The van der Waals surface area contributed by atoms with Crippen LogP contribution in [-0.4, -0.2) is 9.97 Å². The zero-order valence-corrected chi connectivity index (χ0v) is 9.86. The van der Waals surface area contributed by atoms with Gasteiger partial charge in [0.05, 0.1) is 0 Å². The molecule has 1 N–H and O–H groups in total.